The highest BCUT2D eigenvalue weighted by Gasteiger charge is 2.28. The minimum atomic E-state index is -0.540. The number of hydrogen-bond donors (Lipinski definition) is 0. The highest BCUT2D eigenvalue weighted by Crippen LogP contribution is 2.44. The van der Waals surface area contributed by atoms with Crippen molar-refractivity contribution < 1.29 is 28.5 Å². The van der Waals surface area contributed by atoms with Crippen molar-refractivity contribution >= 4 is 97.2 Å². The fourth-order valence-electron chi connectivity index (χ4n) is 5.41. The van der Waals surface area contributed by atoms with E-state index in [1.807, 2.05) is 109 Å². The standard InChI is InChI=1S/C39H28Br4O6/c1-39(2,25-17-29(40)37(30(41)18-25)48-35(44)21-46-33-15-7-11-23-9-3-5-13-27(23)33)26-19-31(42)38(32(43)20-26)49-36(45)22-47-34-16-8-12-24-10-4-6-14-28(24)34/h3-20H,21-22H2,1-2H3. The van der Waals surface area contributed by atoms with E-state index in [-0.39, 0.29) is 13.2 Å². The van der Waals surface area contributed by atoms with E-state index in [9.17, 15) is 9.59 Å². The van der Waals surface area contributed by atoms with Crippen LogP contribution in [0.25, 0.3) is 21.5 Å². The second-order valence-electron chi connectivity index (χ2n) is 11.6. The second-order valence-corrected chi connectivity index (χ2v) is 15.1. The average molecular weight is 912 g/mol. The van der Waals surface area contributed by atoms with E-state index in [0.717, 1.165) is 32.7 Å². The Morgan fingerprint density at radius 2 is 0.878 bits per heavy atom. The molecule has 0 radical (unpaired) electrons. The summed E-state index contributed by atoms with van der Waals surface area (Å²) >= 11 is 14.4. The van der Waals surface area contributed by atoms with Crippen LogP contribution >= 0.6 is 63.7 Å². The number of halogens is 4. The number of rotatable bonds is 10. The molecule has 0 bridgehead atoms. The average Bonchev–Trinajstić information content (AvgIpc) is 3.09. The molecule has 0 aromatic heterocycles. The van der Waals surface area contributed by atoms with Gasteiger partial charge in [-0.1, -0.05) is 86.6 Å². The molecule has 0 aliphatic rings. The maximum atomic E-state index is 12.8. The van der Waals surface area contributed by atoms with Gasteiger partial charge in [0.05, 0.1) is 17.9 Å². The summed E-state index contributed by atoms with van der Waals surface area (Å²) in [5.74, 6) is 0.835. The Labute approximate surface area is 317 Å². The van der Waals surface area contributed by atoms with E-state index < -0.39 is 17.4 Å². The molecule has 0 amide bonds. The molecule has 0 heterocycles. The summed E-state index contributed by atoms with van der Waals surface area (Å²) in [6, 6.07) is 34.7. The Balaban J connectivity index is 1.13. The number of hydrogen-bond acceptors (Lipinski definition) is 6. The van der Waals surface area contributed by atoms with E-state index in [1.54, 1.807) is 0 Å². The van der Waals surface area contributed by atoms with Gasteiger partial charge in [-0.25, -0.2) is 9.59 Å². The van der Waals surface area contributed by atoms with Crippen LogP contribution < -0.4 is 18.9 Å². The summed E-state index contributed by atoms with van der Waals surface area (Å²) in [5.41, 5.74) is 1.35. The van der Waals surface area contributed by atoms with E-state index in [4.69, 9.17) is 18.9 Å². The molecule has 0 saturated heterocycles. The molecule has 0 N–H and O–H groups in total. The fraction of sp³-hybridized carbons (Fsp3) is 0.128. The van der Waals surface area contributed by atoms with Crippen LogP contribution in [0.1, 0.15) is 25.0 Å². The van der Waals surface area contributed by atoms with Crippen molar-refractivity contribution in [1.29, 1.82) is 0 Å². The number of esters is 2. The molecule has 6 rings (SSSR count). The Bertz CT molecular complexity index is 2000. The zero-order valence-corrected chi connectivity index (χ0v) is 32.6. The van der Waals surface area contributed by atoms with Gasteiger partial charge in [-0.05, 0) is 122 Å². The number of ether oxygens (including phenoxy) is 4. The summed E-state index contributed by atoms with van der Waals surface area (Å²) in [5, 5.41) is 3.88. The van der Waals surface area contributed by atoms with Crippen LogP contribution in [0.5, 0.6) is 23.0 Å². The molecule has 0 atom stereocenters. The van der Waals surface area contributed by atoms with Crippen LogP contribution in [-0.4, -0.2) is 25.2 Å². The van der Waals surface area contributed by atoms with Crippen LogP contribution in [0.4, 0.5) is 0 Å². The first-order valence-corrected chi connectivity index (χ1v) is 18.3. The van der Waals surface area contributed by atoms with Crippen molar-refractivity contribution in [1.82, 2.24) is 0 Å². The predicted octanol–water partition coefficient (Wildman–Crippen LogP) is 11.3. The Hall–Kier alpha value is -3.70. The maximum Gasteiger partial charge on any atom is 0.349 e. The van der Waals surface area contributed by atoms with Gasteiger partial charge in [0.25, 0.3) is 0 Å². The third kappa shape index (κ3) is 7.88. The van der Waals surface area contributed by atoms with E-state index in [0.29, 0.717) is 40.9 Å². The quantitative estimate of drug-likeness (QED) is 0.101. The van der Waals surface area contributed by atoms with Crippen LogP contribution in [-0.2, 0) is 15.0 Å². The molecule has 0 aliphatic heterocycles. The zero-order chi connectivity index (χ0) is 34.7. The van der Waals surface area contributed by atoms with Crippen molar-refractivity contribution in [3.8, 4) is 23.0 Å². The fourth-order valence-corrected chi connectivity index (χ4v) is 8.10. The van der Waals surface area contributed by atoms with Crippen molar-refractivity contribution in [2.45, 2.75) is 19.3 Å². The van der Waals surface area contributed by atoms with Gasteiger partial charge in [-0.15, -0.1) is 0 Å². The first kappa shape index (κ1) is 35.1. The van der Waals surface area contributed by atoms with E-state index >= 15 is 0 Å². The Morgan fingerprint density at radius 3 is 1.27 bits per heavy atom. The van der Waals surface area contributed by atoms with Crippen molar-refractivity contribution in [3.63, 3.8) is 0 Å². The van der Waals surface area contributed by atoms with Gasteiger partial charge in [-0.3, -0.25) is 0 Å². The van der Waals surface area contributed by atoms with Gasteiger partial charge >= 0.3 is 11.9 Å². The monoisotopic (exact) mass is 908 g/mol. The van der Waals surface area contributed by atoms with Crippen LogP contribution in [0.3, 0.4) is 0 Å². The molecule has 10 heteroatoms. The number of carbonyl (C=O) groups is 2. The molecule has 0 saturated carbocycles. The van der Waals surface area contributed by atoms with Crippen molar-refractivity contribution in [2.75, 3.05) is 13.2 Å². The van der Waals surface area contributed by atoms with Crippen molar-refractivity contribution in [2.24, 2.45) is 0 Å². The predicted molar refractivity (Wildman–Crippen MR) is 206 cm³/mol. The molecule has 6 aromatic rings. The number of fused-ring (bicyclic) bond motifs is 2. The molecule has 0 unspecified atom stereocenters. The molecular weight excluding hydrogens is 884 g/mol. The molecule has 0 fully saturated rings. The second kappa shape index (κ2) is 15.0. The molecular formula is C39H28Br4O6. The molecule has 248 valence electrons. The third-order valence-corrected chi connectivity index (χ3v) is 10.4. The van der Waals surface area contributed by atoms with Crippen LogP contribution in [0.15, 0.2) is 127 Å². The normalized spacial score (nSPS) is 11.4. The molecule has 0 spiro atoms. The van der Waals surface area contributed by atoms with Crippen LogP contribution in [0, 0.1) is 0 Å². The SMILES string of the molecule is CC(C)(c1cc(Br)c(OC(=O)COc2cccc3ccccc23)c(Br)c1)c1cc(Br)c(OC(=O)COc2cccc3ccccc23)c(Br)c1. The van der Waals surface area contributed by atoms with Gasteiger partial charge in [0.2, 0.25) is 0 Å². The van der Waals surface area contributed by atoms with E-state index in [2.05, 4.69) is 77.6 Å². The van der Waals surface area contributed by atoms with Crippen LogP contribution in [0.2, 0.25) is 0 Å². The van der Waals surface area contributed by atoms with Gasteiger partial charge in [0, 0.05) is 16.2 Å². The summed E-state index contributed by atoms with van der Waals surface area (Å²) in [6.07, 6.45) is 0. The van der Waals surface area contributed by atoms with E-state index in [1.165, 1.54) is 0 Å². The maximum absolute atomic E-state index is 12.8. The third-order valence-electron chi connectivity index (χ3n) is 8.06. The smallest absolute Gasteiger partial charge is 0.349 e. The van der Waals surface area contributed by atoms with Gasteiger partial charge in [-0.2, -0.15) is 0 Å². The largest absolute Gasteiger partial charge is 0.481 e. The summed E-state index contributed by atoms with van der Waals surface area (Å²) < 4.78 is 25.4. The van der Waals surface area contributed by atoms with Gasteiger partial charge in [0.1, 0.15) is 11.5 Å². The minimum absolute atomic E-state index is 0.256. The topological polar surface area (TPSA) is 71.1 Å². The Morgan fingerprint density at radius 1 is 0.531 bits per heavy atom. The highest BCUT2D eigenvalue weighted by molar-refractivity contribution is 9.11. The summed E-state index contributed by atoms with van der Waals surface area (Å²) in [6.45, 7) is 3.63. The Kier molecular flexibility index (Phi) is 10.8. The lowest BCUT2D eigenvalue weighted by atomic mass is 9.78. The molecule has 6 nitrogen and oxygen atoms in total. The lowest BCUT2D eigenvalue weighted by molar-refractivity contribution is -0.137. The number of carbonyl (C=O) groups excluding carboxylic acids is 2. The summed E-state index contributed by atoms with van der Waals surface area (Å²) in [7, 11) is 0. The molecule has 6 aromatic carbocycles. The van der Waals surface area contributed by atoms with Gasteiger partial charge < -0.3 is 18.9 Å². The van der Waals surface area contributed by atoms with Gasteiger partial charge in [0.15, 0.2) is 24.7 Å². The minimum Gasteiger partial charge on any atom is -0.481 e. The summed E-state index contributed by atoms with van der Waals surface area (Å²) in [4.78, 5) is 25.7. The van der Waals surface area contributed by atoms with Crippen molar-refractivity contribution in [3.05, 3.63) is 138 Å². The molecule has 49 heavy (non-hydrogen) atoms. The highest BCUT2D eigenvalue weighted by atomic mass is 79.9. The molecule has 0 aliphatic carbocycles. The first-order valence-electron chi connectivity index (χ1n) is 15.1. The zero-order valence-electron chi connectivity index (χ0n) is 26.3. The first-order chi connectivity index (χ1) is 23.5. The lowest BCUT2D eigenvalue weighted by Gasteiger charge is -2.28. The lowest BCUT2D eigenvalue weighted by Crippen LogP contribution is -2.21. The number of benzene rings is 6.